The number of likely N-dealkylation sites (tertiary alicyclic amines) is 1. The zero-order chi connectivity index (χ0) is 17.6. The fraction of sp³-hybridized carbons (Fsp3) is 0.278. The Labute approximate surface area is 145 Å². The lowest BCUT2D eigenvalue weighted by Crippen LogP contribution is -2.44. The molecule has 25 heavy (non-hydrogen) atoms. The summed E-state index contributed by atoms with van der Waals surface area (Å²) in [4.78, 5) is 22.3. The summed E-state index contributed by atoms with van der Waals surface area (Å²) in [5.41, 5.74) is 1.07. The number of amides is 1. The Balaban J connectivity index is 1.71. The highest BCUT2D eigenvalue weighted by Gasteiger charge is 2.26. The zero-order valence-corrected chi connectivity index (χ0v) is 13.4. The molecule has 1 fully saturated rings. The molecule has 124 valence electrons. The summed E-state index contributed by atoms with van der Waals surface area (Å²) in [6, 6.07) is 10.6. The summed E-state index contributed by atoms with van der Waals surface area (Å²) in [5.74, 6) is 0.0563. The average Bonchev–Trinajstić information content (AvgIpc) is 2.68. The van der Waals surface area contributed by atoms with Crippen LogP contribution in [0.15, 0.2) is 36.7 Å². The minimum atomic E-state index is -0.249. The van der Waals surface area contributed by atoms with Gasteiger partial charge in [0.1, 0.15) is 12.2 Å². The largest absolute Gasteiger partial charge is 0.470 e. The van der Waals surface area contributed by atoms with E-state index in [9.17, 15) is 4.79 Å². The molecule has 2 heterocycles. The van der Waals surface area contributed by atoms with Crippen molar-refractivity contribution in [2.45, 2.75) is 18.9 Å². The van der Waals surface area contributed by atoms with E-state index < -0.39 is 0 Å². The summed E-state index contributed by atoms with van der Waals surface area (Å²) in [6.45, 7) is 1.03. The third-order valence-electron chi connectivity index (χ3n) is 3.95. The quantitative estimate of drug-likeness (QED) is 0.850. The second-order valence-electron chi connectivity index (χ2n) is 5.65. The van der Waals surface area contributed by atoms with Crippen LogP contribution in [0.5, 0.6) is 5.88 Å². The standard InChI is InChI=1S/C18H15N5O2/c19-10-13-3-1-4-14(9-13)18(24)23-8-2-5-15(12-23)25-17-16(11-20)21-6-7-22-17/h1,3-4,6-7,9,15H,2,5,8,12H2/t15-/m0/s1. The second kappa shape index (κ2) is 7.41. The van der Waals surface area contributed by atoms with E-state index in [1.165, 1.54) is 12.4 Å². The van der Waals surface area contributed by atoms with Crippen molar-refractivity contribution in [2.24, 2.45) is 0 Å². The lowest BCUT2D eigenvalue weighted by molar-refractivity contribution is 0.0526. The predicted molar refractivity (Wildman–Crippen MR) is 87.5 cm³/mol. The van der Waals surface area contributed by atoms with Crippen molar-refractivity contribution in [3.8, 4) is 18.0 Å². The molecule has 3 rings (SSSR count). The Morgan fingerprint density at radius 2 is 2.08 bits per heavy atom. The van der Waals surface area contributed by atoms with Crippen LogP contribution in [0.25, 0.3) is 0 Å². The number of nitrogens with zero attached hydrogens (tertiary/aromatic N) is 5. The van der Waals surface area contributed by atoms with Crippen molar-refractivity contribution < 1.29 is 9.53 Å². The van der Waals surface area contributed by atoms with Crippen LogP contribution in [-0.2, 0) is 0 Å². The van der Waals surface area contributed by atoms with Crippen LogP contribution in [0, 0.1) is 22.7 Å². The number of rotatable bonds is 3. The number of hydrogen-bond donors (Lipinski definition) is 0. The lowest BCUT2D eigenvalue weighted by Gasteiger charge is -2.32. The molecule has 0 aliphatic carbocycles. The van der Waals surface area contributed by atoms with Gasteiger partial charge in [0.15, 0.2) is 0 Å². The van der Waals surface area contributed by atoms with Gasteiger partial charge in [-0.3, -0.25) is 4.79 Å². The van der Waals surface area contributed by atoms with E-state index in [0.717, 1.165) is 12.8 Å². The van der Waals surface area contributed by atoms with Crippen LogP contribution >= 0.6 is 0 Å². The summed E-state index contributed by atoms with van der Waals surface area (Å²) in [6.07, 6.45) is 4.21. The number of hydrogen-bond acceptors (Lipinski definition) is 6. The van der Waals surface area contributed by atoms with Crippen molar-refractivity contribution in [3.63, 3.8) is 0 Å². The molecule has 1 aliphatic heterocycles. The van der Waals surface area contributed by atoms with E-state index in [4.69, 9.17) is 15.3 Å². The maximum Gasteiger partial charge on any atom is 0.254 e. The van der Waals surface area contributed by atoms with E-state index in [1.807, 2.05) is 12.1 Å². The van der Waals surface area contributed by atoms with Gasteiger partial charge < -0.3 is 9.64 Å². The van der Waals surface area contributed by atoms with Gasteiger partial charge in [-0.05, 0) is 31.0 Å². The molecule has 7 heteroatoms. The van der Waals surface area contributed by atoms with Crippen molar-refractivity contribution in [2.75, 3.05) is 13.1 Å². The molecule has 0 N–H and O–H groups in total. The highest BCUT2D eigenvalue weighted by molar-refractivity contribution is 5.94. The zero-order valence-electron chi connectivity index (χ0n) is 13.4. The number of nitriles is 2. The third-order valence-corrected chi connectivity index (χ3v) is 3.95. The second-order valence-corrected chi connectivity index (χ2v) is 5.65. The van der Waals surface area contributed by atoms with Gasteiger partial charge in [-0.15, -0.1) is 0 Å². The number of aromatic nitrogens is 2. The van der Waals surface area contributed by atoms with Gasteiger partial charge in [-0.25, -0.2) is 9.97 Å². The Kier molecular flexibility index (Phi) is 4.87. The van der Waals surface area contributed by atoms with Gasteiger partial charge >= 0.3 is 0 Å². The van der Waals surface area contributed by atoms with E-state index >= 15 is 0 Å². The van der Waals surface area contributed by atoms with Crippen LogP contribution in [-0.4, -0.2) is 40.0 Å². The summed E-state index contributed by atoms with van der Waals surface area (Å²) in [5, 5.41) is 18.0. The van der Waals surface area contributed by atoms with Crippen LogP contribution in [0.2, 0.25) is 0 Å². The Morgan fingerprint density at radius 3 is 2.88 bits per heavy atom. The van der Waals surface area contributed by atoms with E-state index in [0.29, 0.717) is 24.2 Å². The fourth-order valence-electron chi connectivity index (χ4n) is 2.77. The Bertz CT molecular complexity index is 868. The molecule has 0 radical (unpaired) electrons. The Morgan fingerprint density at radius 1 is 1.24 bits per heavy atom. The molecule has 7 nitrogen and oxygen atoms in total. The van der Waals surface area contributed by atoms with Crippen molar-refractivity contribution in [1.82, 2.24) is 14.9 Å². The molecule has 1 saturated heterocycles. The van der Waals surface area contributed by atoms with Crippen LogP contribution in [0.4, 0.5) is 0 Å². The molecule has 1 aromatic heterocycles. The summed E-state index contributed by atoms with van der Waals surface area (Å²) < 4.78 is 5.80. The van der Waals surface area contributed by atoms with E-state index in [2.05, 4.69) is 9.97 Å². The van der Waals surface area contributed by atoms with Gasteiger partial charge in [-0.2, -0.15) is 10.5 Å². The number of piperidine rings is 1. The molecular weight excluding hydrogens is 318 g/mol. The van der Waals surface area contributed by atoms with E-state index in [1.54, 1.807) is 29.2 Å². The highest BCUT2D eigenvalue weighted by Crippen LogP contribution is 2.20. The smallest absolute Gasteiger partial charge is 0.254 e. The minimum absolute atomic E-state index is 0.132. The first-order valence-corrected chi connectivity index (χ1v) is 7.88. The maximum absolute atomic E-state index is 12.7. The molecular formula is C18H15N5O2. The van der Waals surface area contributed by atoms with Gasteiger partial charge in [0.25, 0.3) is 11.8 Å². The fourth-order valence-corrected chi connectivity index (χ4v) is 2.77. The minimum Gasteiger partial charge on any atom is -0.470 e. The molecule has 1 atom stereocenters. The molecule has 2 aromatic rings. The molecule has 1 aromatic carbocycles. The van der Waals surface area contributed by atoms with Crippen LogP contribution < -0.4 is 4.74 Å². The SMILES string of the molecule is N#Cc1cccc(C(=O)N2CCC[C@H](Oc3nccnc3C#N)C2)c1. The normalized spacial score (nSPS) is 16.6. The van der Waals surface area contributed by atoms with Gasteiger partial charge in [0.05, 0.1) is 18.2 Å². The van der Waals surface area contributed by atoms with Gasteiger partial charge in [0, 0.05) is 24.5 Å². The van der Waals surface area contributed by atoms with Crippen LogP contribution in [0.1, 0.15) is 34.5 Å². The average molecular weight is 333 g/mol. The first-order valence-electron chi connectivity index (χ1n) is 7.88. The number of carbonyl (C=O) groups excluding carboxylic acids is 1. The lowest BCUT2D eigenvalue weighted by atomic mass is 10.1. The third kappa shape index (κ3) is 3.73. The molecule has 1 amide bonds. The number of benzene rings is 1. The topological polar surface area (TPSA) is 103 Å². The summed E-state index contributed by atoms with van der Waals surface area (Å²) >= 11 is 0. The molecule has 0 saturated carbocycles. The van der Waals surface area contributed by atoms with Crippen molar-refractivity contribution >= 4 is 5.91 Å². The number of ether oxygens (including phenoxy) is 1. The highest BCUT2D eigenvalue weighted by atomic mass is 16.5. The van der Waals surface area contributed by atoms with Crippen LogP contribution in [0.3, 0.4) is 0 Å². The molecule has 1 aliphatic rings. The summed E-state index contributed by atoms with van der Waals surface area (Å²) in [7, 11) is 0. The van der Waals surface area contributed by atoms with Gasteiger partial charge in [-0.1, -0.05) is 6.07 Å². The van der Waals surface area contributed by atoms with E-state index in [-0.39, 0.29) is 23.6 Å². The number of carbonyl (C=O) groups is 1. The van der Waals surface area contributed by atoms with Crippen molar-refractivity contribution in [3.05, 3.63) is 53.5 Å². The first kappa shape index (κ1) is 16.4. The molecule has 0 bridgehead atoms. The molecule has 0 unspecified atom stereocenters. The van der Waals surface area contributed by atoms with Crippen molar-refractivity contribution in [1.29, 1.82) is 10.5 Å². The van der Waals surface area contributed by atoms with Gasteiger partial charge in [0.2, 0.25) is 5.69 Å². The maximum atomic E-state index is 12.7. The predicted octanol–water partition coefficient (Wildman–Crippen LogP) is 1.90. The molecule has 0 spiro atoms. The first-order chi connectivity index (χ1) is 12.2. The Hall–Kier alpha value is -3.45. The monoisotopic (exact) mass is 333 g/mol.